The van der Waals surface area contributed by atoms with Gasteiger partial charge in [0.25, 0.3) is 0 Å². The lowest BCUT2D eigenvalue weighted by Gasteiger charge is -2.37. The molecule has 1 aromatic carbocycles. The first-order valence-electron chi connectivity index (χ1n) is 7.93. The monoisotopic (exact) mass is 393 g/mol. The third-order valence-corrected chi connectivity index (χ3v) is 7.50. The standard InChI is InChI=1S/C17H27NO3S2.ClH/c1-18-8-5-7-17(22-9-6-10-23-17)13-11-14(19-2)16(21-4)15(12-13)20-3;/h11-12,18H,5-10H2,1-4H3;1H. The van der Waals surface area contributed by atoms with Gasteiger partial charge in [-0.25, -0.2) is 0 Å². The van der Waals surface area contributed by atoms with Gasteiger partial charge in [-0.3, -0.25) is 0 Å². The van der Waals surface area contributed by atoms with Gasteiger partial charge in [-0.2, -0.15) is 0 Å². The lowest BCUT2D eigenvalue weighted by Crippen LogP contribution is -2.24. The van der Waals surface area contributed by atoms with Gasteiger partial charge in [0.15, 0.2) is 11.5 Å². The minimum Gasteiger partial charge on any atom is -0.493 e. The Morgan fingerprint density at radius 1 is 1.04 bits per heavy atom. The average molecular weight is 394 g/mol. The molecule has 24 heavy (non-hydrogen) atoms. The normalized spacial score (nSPS) is 16.2. The van der Waals surface area contributed by atoms with Gasteiger partial charge in [0.2, 0.25) is 5.75 Å². The second-order valence-corrected chi connectivity index (χ2v) is 8.47. The summed E-state index contributed by atoms with van der Waals surface area (Å²) in [5.74, 6) is 4.53. The average Bonchev–Trinajstić information content (AvgIpc) is 2.61. The van der Waals surface area contributed by atoms with E-state index in [9.17, 15) is 0 Å². The highest BCUT2D eigenvalue weighted by atomic mass is 35.5. The van der Waals surface area contributed by atoms with E-state index in [0.29, 0.717) is 5.75 Å². The topological polar surface area (TPSA) is 39.7 Å². The molecular formula is C17H28ClNO3S2. The van der Waals surface area contributed by atoms with Crippen molar-refractivity contribution >= 4 is 35.9 Å². The van der Waals surface area contributed by atoms with Gasteiger partial charge in [0, 0.05) is 0 Å². The maximum Gasteiger partial charge on any atom is 0.203 e. The molecule has 0 atom stereocenters. The molecule has 2 rings (SSSR count). The van der Waals surface area contributed by atoms with Gasteiger partial charge in [0.1, 0.15) is 0 Å². The van der Waals surface area contributed by atoms with E-state index in [0.717, 1.165) is 30.9 Å². The van der Waals surface area contributed by atoms with Gasteiger partial charge in [-0.1, -0.05) is 0 Å². The Morgan fingerprint density at radius 3 is 2.08 bits per heavy atom. The van der Waals surface area contributed by atoms with Crippen LogP contribution in [0.15, 0.2) is 12.1 Å². The fourth-order valence-corrected chi connectivity index (χ4v) is 6.23. The molecule has 0 aromatic heterocycles. The number of benzene rings is 1. The number of rotatable bonds is 8. The number of halogens is 1. The van der Waals surface area contributed by atoms with E-state index in [1.54, 1.807) is 21.3 Å². The molecule has 1 saturated heterocycles. The molecule has 138 valence electrons. The fourth-order valence-electron chi connectivity index (χ4n) is 2.83. The quantitative estimate of drug-likeness (QED) is 0.669. The Labute approximate surface area is 160 Å². The van der Waals surface area contributed by atoms with E-state index in [4.69, 9.17) is 14.2 Å². The SMILES string of the molecule is CNCCCC1(c2cc(OC)c(OC)c(OC)c2)SCCCS1.Cl. The second kappa shape index (κ2) is 10.5. The Balaban J connectivity index is 0.00000288. The van der Waals surface area contributed by atoms with E-state index in [-0.39, 0.29) is 16.5 Å². The molecule has 0 bridgehead atoms. The highest BCUT2D eigenvalue weighted by Crippen LogP contribution is 2.55. The summed E-state index contributed by atoms with van der Waals surface area (Å²) in [5.41, 5.74) is 1.26. The molecule has 0 saturated carbocycles. The third kappa shape index (κ3) is 4.81. The van der Waals surface area contributed by atoms with E-state index in [2.05, 4.69) is 17.4 Å². The van der Waals surface area contributed by atoms with Crippen LogP contribution in [0.4, 0.5) is 0 Å². The van der Waals surface area contributed by atoms with E-state index in [1.807, 2.05) is 30.6 Å². The maximum atomic E-state index is 5.54. The zero-order valence-electron chi connectivity index (χ0n) is 14.8. The van der Waals surface area contributed by atoms with Gasteiger partial charge < -0.3 is 19.5 Å². The summed E-state index contributed by atoms with van der Waals surface area (Å²) < 4.78 is 16.6. The van der Waals surface area contributed by atoms with Crippen LogP contribution in [-0.2, 0) is 4.08 Å². The summed E-state index contributed by atoms with van der Waals surface area (Å²) in [5, 5.41) is 3.25. The lowest BCUT2D eigenvalue weighted by atomic mass is 10.0. The number of methoxy groups -OCH3 is 3. The number of nitrogens with one attached hydrogen (secondary N) is 1. The molecule has 0 unspecified atom stereocenters. The van der Waals surface area contributed by atoms with Crippen molar-refractivity contribution in [2.45, 2.75) is 23.3 Å². The molecular weight excluding hydrogens is 366 g/mol. The number of hydrogen-bond acceptors (Lipinski definition) is 6. The highest BCUT2D eigenvalue weighted by Gasteiger charge is 2.36. The summed E-state index contributed by atoms with van der Waals surface area (Å²) >= 11 is 4.10. The first kappa shape index (κ1) is 21.6. The van der Waals surface area contributed by atoms with Crippen molar-refractivity contribution in [1.82, 2.24) is 5.32 Å². The molecule has 0 aliphatic carbocycles. The van der Waals surface area contributed by atoms with Crippen molar-refractivity contribution in [3.05, 3.63) is 17.7 Å². The molecule has 0 amide bonds. The van der Waals surface area contributed by atoms with Gasteiger partial charge in [0.05, 0.1) is 25.4 Å². The summed E-state index contributed by atoms with van der Waals surface area (Å²) in [7, 11) is 7.01. The fraction of sp³-hybridized carbons (Fsp3) is 0.647. The van der Waals surface area contributed by atoms with Crippen LogP contribution in [0.25, 0.3) is 0 Å². The van der Waals surface area contributed by atoms with Gasteiger partial charge >= 0.3 is 0 Å². The summed E-state index contributed by atoms with van der Waals surface area (Å²) in [6.45, 7) is 1.04. The molecule has 7 heteroatoms. The number of thioether (sulfide) groups is 2. The third-order valence-electron chi connectivity index (χ3n) is 4.00. The number of hydrogen-bond donors (Lipinski definition) is 1. The molecule has 0 radical (unpaired) electrons. The summed E-state index contributed by atoms with van der Waals surface area (Å²) in [4.78, 5) is 0. The second-order valence-electron chi connectivity index (χ2n) is 5.42. The smallest absolute Gasteiger partial charge is 0.203 e. The van der Waals surface area contributed by atoms with Crippen LogP contribution in [0.3, 0.4) is 0 Å². The lowest BCUT2D eigenvalue weighted by molar-refractivity contribution is 0.323. The Hall–Kier alpha value is -0.430. The summed E-state index contributed by atoms with van der Waals surface area (Å²) in [6.07, 6.45) is 3.54. The van der Waals surface area contributed by atoms with Gasteiger partial charge in [-0.05, 0) is 62.1 Å². The molecule has 1 heterocycles. The van der Waals surface area contributed by atoms with E-state index in [1.165, 1.54) is 23.5 Å². The van der Waals surface area contributed by atoms with Crippen molar-refractivity contribution in [1.29, 1.82) is 0 Å². The van der Waals surface area contributed by atoms with Crippen molar-refractivity contribution in [2.75, 3.05) is 46.4 Å². The van der Waals surface area contributed by atoms with E-state index >= 15 is 0 Å². The minimum atomic E-state index is 0. The van der Waals surface area contributed by atoms with E-state index < -0.39 is 0 Å². The predicted molar refractivity (Wildman–Crippen MR) is 108 cm³/mol. The van der Waals surface area contributed by atoms with Crippen LogP contribution in [0.1, 0.15) is 24.8 Å². The first-order valence-corrected chi connectivity index (χ1v) is 9.91. The maximum absolute atomic E-state index is 5.54. The molecule has 1 aliphatic rings. The first-order chi connectivity index (χ1) is 11.2. The molecule has 1 aromatic rings. The molecule has 1 N–H and O–H groups in total. The highest BCUT2D eigenvalue weighted by molar-refractivity contribution is 8.18. The molecule has 1 aliphatic heterocycles. The zero-order valence-corrected chi connectivity index (χ0v) is 17.3. The Bertz CT molecular complexity index is 486. The van der Waals surface area contributed by atoms with Crippen molar-refractivity contribution in [2.24, 2.45) is 0 Å². The van der Waals surface area contributed by atoms with Crippen molar-refractivity contribution in [3.8, 4) is 17.2 Å². The van der Waals surface area contributed by atoms with Crippen LogP contribution in [-0.4, -0.2) is 46.4 Å². The van der Waals surface area contributed by atoms with Crippen molar-refractivity contribution < 1.29 is 14.2 Å². The van der Waals surface area contributed by atoms with Crippen LogP contribution in [0.5, 0.6) is 17.2 Å². The molecule has 1 fully saturated rings. The number of ether oxygens (including phenoxy) is 3. The van der Waals surface area contributed by atoms with Gasteiger partial charge in [-0.15, -0.1) is 35.9 Å². The Kier molecular flexibility index (Phi) is 9.49. The molecule has 4 nitrogen and oxygen atoms in total. The van der Waals surface area contributed by atoms with Crippen molar-refractivity contribution in [3.63, 3.8) is 0 Å². The van der Waals surface area contributed by atoms with Crippen LogP contribution in [0, 0.1) is 0 Å². The Morgan fingerprint density at radius 2 is 1.62 bits per heavy atom. The van der Waals surface area contributed by atoms with Crippen LogP contribution < -0.4 is 19.5 Å². The van der Waals surface area contributed by atoms with Crippen LogP contribution in [0.2, 0.25) is 0 Å². The largest absolute Gasteiger partial charge is 0.493 e. The predicted octanol–water partition coefficient (Wildman–Crippen LogP) is 4.16. The molecule has 0 spiro atoms. The summed E-state index contributed by atoms with van der Waals surface area (Å²) in [6, 6.07) is 4.23. The van der Waals surface area contributed by atoms with Crippen LogP contribution >= 0.6 is 35.9 Å². The zero-order chi connectivity index (χ0) is 16.7. The minimum absolute atomic E-state index is 0.